The molecule has 3 aromatic rings. The van der Waals surface area contributed by atoms with Crippen LogP contribution in [0.2, 0.25) is 0 Å². The molecule has 0 aliphatic rings. The van der Waals surface area contributed by atoms with Crippen LogP contribution in [-0.2, 0) is 10.5 Å². The van der Waals surface area contributed by atoms with Crippen LogP contribution in [0.4, 0.5) is 0 Å². The Hall–Kier alpha value is -3.05. The minimum atomic E-state index is -0.190. The minimum Gasteiger partial charge on any atom is -0.457 e. The summed E-state index contributed by atoms with van der Waals surface area (Å²) in [6.45, 7) is 1.88. The molecule has 0 aliphatic heterocycles. The zero-order valence-electron chi connectivity index (χ0n) is 15.6. The molecule has 5 heteroatoms. The van der Waals surface area contributed by atoms with Crippen LogP contribution in [0.25, 0.3) is 0 Å². The number of amides is 1. The van der Waals surface area contributed by atoms with Gasteiger partial charge in [0.2, 0.25) is 0 Å². The second-order valence-corrected chi connectivity index (χ2v) is 7.49. The number of thioether (sulfide) groups is 1. The van der Waals surface area contributed by atoms with E-state index in [4.69, 9.17) is 4.74 Å². The van der Waals surface area contributed by atoms with Crippen LogP contribution in [0.3, 0.4) is 0 Å². The van der Waals surface area contributed by atoms with Crippen molar-refractivity contribution in [2.75, 3.05) is 0 Å². The molecule has 1 N–H and O–H groups in total. The van der Waals surface area contributed by atoms with E-state index >= 15 is 0 Å². The van der Waals surface area contributed by atoms with Crippen LogP contribution in [0.5, 0.6) is 11.5 Å². The third-order valence-electron chi connectivity index (χ3n) is 3.94. The molecule has 1 unspecified atom stereocenters. The molecule has 0 bridgehead atoms. The van der Waals surface area contributed by atoms with Crippen molar-refractivity contribution in [1.82, 2.24) is 5.43 Å². The third-order valence-corrected chi connectivity index (χ3v) is 5.15. The number of benzene rings is 3. The van der Waals surface area contributed by atoms with Crippen LogP contribution < -0.4 is 10.2 Å². The molecule has 1 atom stereocenters. The van der Waals surface area contributed by atoms with Crippen LogP contribution >= 0.6 is 11.8 Å². The maximum Gasteiger partial charge on any atom is 0.252 e. The molecule has 0 heterocycles. The molecule has 3 aromatic carbocycles. The zero-order chi connectivity index (χ0) is 19.6. The number of hydrogen-bond donors (Lipinski definition) is 1. The molecule has 0 spiro atoms. The van der Waals surface area contributed by atoms with Crippen LogP contribution in [-0.4, -0.2) is 17.4 Å². The van der Waals surface area contributed by atoms with Crippen molar-refractivity contribution in [3.8, 4) is 11.5 Å². The van der Waals surface area contributed by atoms with E-state index in [-0.39, 0.29) is 11.2 Å². The molecule has 0 saturated carbocycles. The van der Waals surface area contributed by atoms with E-state index in [0.29, 0.717) is 5.75 Å². The molecule has 0 aliphatic carbocycles. The standard InChI is InChI=1S/C23H22N2O2S/c1-18(28-17-19-9-4-2-5-10-19)23(26)25-24-16-20-11-8-14-22(15-20)27-21-12-6-3-7-13-21/h2-16,18H,17H2,1H3,(H,25,26)/b24-16+. The molecule has 0 radical (unpaired) electrons. The lowest BCUT2D eigenvalue weighted by atomic mass is 10.2. The van der Waals surface area contributed by atoms with Crippen molar-refractivity contribution < 1.29 is 9.53 Å². The van der Waals surface area contributed by atoms with E-state index in [1.807, 2.05) is 79.7 Å². The van der Waals surface area contributed by atoms with Crippen LogP contribution in [0.1, 0.15) is 18.1 Å². The van der Waals surface area contributed by atoms with E-state index in [1.165, 1.54) is 5.56 Å². The lowest BCUT2D eigenvalue weighted by Gasteiger charge is -2.09. The number of nitrogens with zero attached hydrogens (tertiary/aromatic N) is 1. The summed E-state index contributed by atoms with van der Waals surface area (Å²) in [5.74, 6) is 2.16. The van der Waals surface area contributed by atoms with Gasteiger partial charge >= 0.3 is 0 Å². The average molecular weight is 391 g/mol. The van der Waals surface area contributed by atoms with Gasteiger partial charge in [0.05, 0.1) is 11.5 Å². The first-order valence-corrected chi connectivity index (χ1v) is 10.1. The van der Waals surface area contributed by atoms with E-state index in [9.17, 15) is 4.79 Å². The minimum absolute atomic E-state index is 0.117. The molecular weight excluding hydrogens is 368 g/mol. The van der Waals surface area contributed by atoms with Crippen molar-refractivity contribution in [2.24, 2.45) is 5.10 Å². The summed E-state index contributed by atoms with van der Waals surface area (Å²) in [5.41, 5.74) is 4.65. The van der Waals surface area contributed by atoms with Gasteiger partial charge in [-0.3, -0.25) is 4.79 Å². The van der Waals surface area contributed by atoms with Gasteiger partial charge in [0.1, 0.15) is 11.5 Å². The Bertz CT molecular complexity index is 914. The third kappa shape index (κ3) is 6.28. The van der Waals surface area contributed by atoms with Crippen molar-refractivity contribution in [3.63, 3.8) is 0 Å². The fourth-order valence-electron chi connectivity index (χ4n) is 2.42. The van der Waals surface area contributed by atoms with Crippen molar-refractivity contribution in [1.29, 1.82) is 0 Å². The Morgan fingerprint density at radius 3 is 2.43 bits per heavy atom. The molecule has 3 rings (SSSR count). The second-order valence-electron chi connectivity index (χ2n) is 6.16. The van der Waals surface area contributed by atoms with Gasteiger partial charge in [-0.05, 0) is 42.3 Å². The quantitative estimate of drug-likeness (QED) is 0.422. The first-order valence-electron chi connectivity index (χ1n) is 9.02. The summed E-state index contributed by atoms with van der Waals surface area (Å²) in [6, 6.07) is 27.2. The predicted molar refractivity (Wildman–Crippen MR) is 116 cm³/mol. The lowest BCUT2D eigenvalue weighted by molar-refractivity contribution is -0.120. The van der Waals surface area contributed by atoms with E-state index < -0.39 is 0 Å². The van der Waals surface area contributed by atoms with E-state index in [1.54, 1.807) is 18.0 Å². The Balaban J connectivity index is 1.49. The number of hydrazone groups is 1. The van der Waals surface area contributed by atoms with Gasteiger partial charge in [-0.1, -0.05) is 60.7 Å². The van der Waals surface area contributed by atoms with Gasteiger partial charge in [-0.25, -0.2) is 5.43 Å². The number of hydrogen-bond acceptors (Lipinski definition) is 4. The first-order chi connectivity index (χ1) is 13.7. The molecule has 1 amide bonds. The molecule has 0 saturated heterocycles. The molecule has 0 fully saturated rings. The number of nitrogens with one attached hydrogen (secondary N) is 1. The Morgan fingerprint density at radius 1 is 1.00 bits per heavy atom. The first kappa shape index (κ1) is 19.7. The summed E-state index contributed by atoms with van der Waals surface area (Å²) in [6.07, 6.45) is 1.62. The number of para-hydroxylation sites is 1. The Morgan fingerprint density at radius 2 is 1.68 bits per heavy atom. The number of ether oxygens (including phenoxy) is 1. The number of rotatable bonds is 8. The van der Waals surface area contributed by atoms with Gasteiger partial charge in [0, 0.05) is 5.75 Å². The predicted octanol–water partition coefficient (Wildman–Crippen LogP) is 5.25. The molecule has 4 nitrogen and oxygen atoms in total. The van der Waals surface area contributed by atoms with Gasteiger partial charge in [0.25, 0.3) is 5.91 Å². The maximum absolute atomic E-state index is 12.2. The van der Waals surface area contributed by atoms with Crippen LogP contribution in [0.15, 0.2) is 90.0 Å². The summed E-state index contributed by atoms with van der Waals surface area (Å²) < 4.78 is 5.81. The summed E-state index contributed by atoms with van der Waals surface area (Å²) in [5, 5.41) is 3.88. The summed E-state index contributed by atoms with van der Waals surface area (Å²) in [4.78, 5) is 12.2. The van der Waals surface area contributed by atoms with Gasteiger partial charge in [-0.2, -0.15) is 5.10 Å². The SMILES string of the molecule is CC(SCc1ccccc1)C(=O)N/N=C/c1cccc(Oc2ccccc2)c1. The highest BCUT2D eigenvalue weighted by Gasteiger charge is 2.12. The van der Waals surface area contributed by atoms with E-state index in [2.05, 4.69) is 22.7 Å². The Labute approximate surface area is 169 Å². The lowest BCUT2D eigenvalue weighted by Crippen LogP contribution is -2.26. The Kier molecular flexibility index (Phi) is 7.27. The molecule has 0 aromatic heterocycles. The average Bonchev–Trinajstić information content (AvgIpc) is 2.74. The highest BCUT2D eigenvalue weighted by Crippen LogP contribution is 2.21. The topological polar surface area (TPSA) is 50.7 Å². The normalized spacial score (nSPS) is 11.9. The highest BCUT2D eigenvalue weighted by molar-refractivity contribution is 7.99. The monoisotopic (exact) mass is 390 g/mol. The number of carbonyl (C=O) groups excluding carboxylic acids is 1. The van der Waals surface area contributed by atoms with Crippen molar-refractivity contribution in [2.45, 2.75) is 17.9 Å². The van der Waals surface area contributed by atoms with E-state index in [0.717, 1.165) is 17.1 Å². The largest absolute Gasteiger partial charge is 0.457 e. The summed E-state index contributed by atoms with van der Waals surface area (Å²) >= 11 is 1.58. The van der Waals surface area contributed by atoms with Gasteiger partial charge < -0.3 is 4.74 Å². The fraction of sp³-hybridized carbons (Fsp3) is 0.130. The molecule has 28 heavy (non-hydrogen) atoms. The molecular formula is C23H22N2O2S. The highest BCUT2D eigenvalue weighted by atomic mass is 32.2. The van der Waals surface area contributed by atoms with Gasteiger partial charge in [0.15, 0.2) is 0 Å². The molecule has 142 valence electrons. The van der Waals surface area contributed by atoms with Crippen molar-refractivity contribution in [3.05, 3.63) is 96.1 Å². The fourth-order valence-corrected chi connectivity index (χ4v) is 3.25. The maximum atomic E-state index is 12.2. The second kappa shape index (κ2) is 10.3. The van der Waals surface area contributed by atoms with Crippen molar-refractivity contribution >= 4 is 23.9 Å². The smallest absolute Gasteiger partial charge is 0.252 e. The number of carbonyl (C=O) groups is 1. The van der Waals surface area contributed by atoms with Gasteiger partial charge in [-0.15, -0.1) is 11.8 Å². The van der Waals surface area contributed by atoms with Crippen LogP contribution in [0, 0.1) is 0 Å². The zero-order valence-corrected chi connectivity index (χ0v) is 16.4. The summed E-state index contributed by atoms with van der Waals surface area (Å²) in [7, 11) is 0.